The van der Waals surface area contributed by atoms with Gasteiger partial charge >= 0.3 is 0 Å². The number of ether oxygens (including phenoxy) is 3. The zero-order chi connectivity index (χ0) is 19.4. The van der Waals surface area contributed by atoms with E-state index in [1.807, 2.05) is 6.92 Å². The Morgan fingerprint density at radius 2 is 1.93 bits per heavy atom. The molecule has 1 heterocycles. The number of carbonyl (C=O) groups excluding carboxylic acids is 1. The summed E-state index contributed by atoms with van der Waals surface area (Å²) in [6.07, 6.45) is 1.04. The van der Waals surface area contributed by atoms with Crippen LogP contribution in [0.25, 0.3) is 0 Å². The summed E-state index contributed by atoms with van der Waals surface area (Å²) in [5, 5.41) is 2.69. The molecule has 0 saturated heterocycles. The van der Waals surface area contributed by atoms with E-state index in [1.54, 1.807) is 36.4 Å². The van der Waals surface area contributed by atoms with Crippen LogP contribution >= 0.6 is 0 Å². The van der Waals surface area contributed by atoms with Crippen molar-refractivity contribution in [2.24, 2.45) is 0 Å². The van der Waals surface area contributed by atoms with Crippen molar-refractivity contribution in [3.63, 3.8) is 0 Å². The molecule has 1 aliphatic heterocycles. The fourth-order valence-electron chi connectivity index (χ4n) is 2.61. The van der Waals surface area contributed by atoms with Gasteiger partial charge in [-0.3, -0.25) is 9.10 Å². The summed E-state index contributed by atoms with van der Waals surface area (Å²) in [6.45, 7) is 1.97. The molecule has 1 amide bonds. The van der Waals surface area contributed by atoms with Crippen LogP contribution < -0.4 is 23.8 Å². The lowest BCUT2D eigenvalue weighted by Gasteiger charge is -2.22. The Morgan fingerprint density at radius 3 is 2.67 bits per heavy atom. The summed E-state index contributed by atoms with van der Waals surface area (Å²) in [6, 6.07) is 11.7. The second kappa shape index (κ2) is 7.75. The normalized spacial score (nSPS) is 12.5. The number of sulfonamides is 1. The third kappa shape index (κ3) is 4.43. The van der Waals surface area contributed by atoms with Gasteiger partial charge in [0, 0.05) is 6.07 Å². The van der Waals surface area contributed by atoms with Crippen molar-refractivity contribution in [3.8, 4) is 17.2 Å². The molecule has 0 saturated carbocycles. The number of nitrogens with one attached hydrogen (secondary N) is 1. The highest BCUT2D eigenvalue weighted by Gasteiger charge is 2.24. The van der Waals surface area contributed by atoms with Gasteiger partial charge in [-0.1, -0.05) is 12.1 Å². The number of fused-ring (bicyclic) bond motifs is 1. The Bertz CT molecular complexity index is 945. The van der Waals surface area contributed by atoms with E-state index >= 15 is 0 Å². The van der Waals surface area contributed by atoms with Crippen LogP contribution in [0.3, 0.4) is 0 Å². The lowest BCUT2D eigenvalue weighted by atomic mass is 10.2. The molecule has 1 aliphatic rings. The Labute approximate surface area is 157 Å². The predicted octanol–water partition coefficient (Wildman–Crippen LogP) is 2.22. The van der Waals surface area contributed by atoms with Crippen LogP contribution in [0.2, 0.25) is 0 Å². The Morgan fingerprint density at radius 1 is 1.19 bits per heavy atom. The molecule has 3 rings (SSSR count). The molecule has 0 atom stereocenters. The number of anilines is 2. The fraction of sp³-hybridized carbons (Fsp3) is 0.278. The van der Waals surface area contributed by atoms with Crippen molar-refractivity contribution in [1.29, 1.82) is 0 Å². The first-order chi connectivity index (χ1) is 12.9. The van der Waals surface area contributed by atoms with Crippen LogP contribution in [0.15, 0.2) is 42.5 Å². The molecule has 144 valence electrons. The first-order valence-corrected chi connectivity index (χ1v) is 10.1. The SMILES string of the molecule is CCOc1ccccc1NC(=O)CN(c1ccc2c(c1)OCO2)S(C)(=O)=O. The number of para-hydroxylation sites is 2. The highest BCUT2D eigenvalue weighted by molar-refractivity contribution is 7.92. The number of hydrogen-bond donors (Lipinski definition) is 1. The molecular weight excluding hydrogens is 372 g/mol. The molecule has 2 aromatic rings. The van der Waals surface area contributed by atoms with E-state index in [1.165, 1.54) is 6.07 Å². The maximum absolute atomic E-state index is 12.5. The average Bonchev–Trinajstić information content (AvgIpc) is 3.08. The maximum Gasteiger partial charge on any atom is 0.245 e. The lowest BCUT2D eigenvalue weighted by Crippen LogP contribution is -2.37. The Hall–Kier alpha value is -2.94. The summed E-state index contributed by atoms with van der Waals surface area (Å²) in [7, 11) is -3.70. The minimum atomic E-state index is -3.70. The molecule has 8 nitrogen and oxygen atoms in total. The van der Waals surface area contributed by atoms with Crippen LogP contribution in [0.5, 0.6) is 17.2 Å². The first-order valence-electron chi connectivity index (χ1n) is 8.27. The van der Waals surface area contributed by atoms with Gasteiger partial charge in [-0.25, -0.2) is 8.42 Å². The molecule has 0 radical (unpaired) electrons. The number of carbonyl (C=O) groups is 1. The highest BCUT2D eigenvalue weighted by Crippen LogP contribution is 2.36. The van der Waals surface area contributed by atoms with Crippen molar-refractivity contribution in [3.05, 3.63) is 42.5 Å². The fourth-order valence-corrected chi connectivity index (χ4v) is 3.46. The number of rotatable bonds is 7. The van der Waals surface area contributed by atoms with Gasteiger partial charge in [0.1, 0.15) is 12.3 Å². The average molecular weight is 392 g/mol. The van der Waals surface area contributed by atoms with Crippen LogP contribution in [0.4, 0.5) is 11.4 Å². The van der Waals surface area contributed by atoms with Crippen molar-refractivity contribution in [2.75, 3.05) is 35.8 Å². The largest absolute Gasteiger partial charge is 0.492 e. The van der Waals surface area contributed by atoms with Gasteiger partial charge in [-0.2, -0.15) is 0 Å². The third-order valence-corrected chi connectivity index (χ3v) is 4.93. The van der Waals surface area contributed by atoms with Crippen LogP contribution in [-0.4, -0.2) is 40.5 Å². The highest BCUT2D eigenvalue weighted by atomic mass is 32.2. The summed E-state index contributed by atoms with van der Waals surface area (Å²) in [5.74, 6) is 0.984. The molecule has 2 aromatic carbocycles. The first kappa shape index (κ1) is 18.8. The maximum atomic E-state index is 12.5. The van der Waals surface area contributed by atoms with E-state index in [-0.39, 0.29) is 13.3 Å². The van der Waals surface area contributed by atoms with Crippen molar-refractivity contribution in [2.45, 2.75) is 6.92 Å². The zero-order valence-electron chi connectivity index (χ0n) is 15.0. The molecule has 0 fully saturated rings. The van der Waals surface area contributed by atoms with Crippen LogP contribution in [-0.2, 0) is 14.8 Å². The third-order valence-electron chi connectivity index (χ3n) is 3.79. The standard InChI is InChI=1S/C18H20N2O6S/c1-3-24-15-7-5-4-6-14(15)19-18(21)11-20(27(2,22)23)13-8-9-16-17(10-13)26-12-25-16/h4-10H,3,11-12H2,1-2H3,(H,19,21). The van der Waals surface area contributed by atoms with Gasteiger partial charge < -0.3 is 19.5 Å². The van der Waals surface area contributed by atoms with Crippen LogP contribution in [0.1, 0.15) is 6.92 Å². The molecule has 0 unspecified atom stereocenters. The van der Waals surface area contributed by atoms with Gasteiger partial charge in [-0.05, 0) is 31.2 Å². The van der Waals surface area contributed by atoms with Gasteiger partial charge in [0.2, 0.25) is 22.7 Å². The van der Waals surface area contributed by atoms with E-state index in [0.717, 1.165) is 10.6 Å². The van der Waals surface area contributed by atoms with E-state index in [2.05, 4.69) is 5.32 Å². The van der Waals surface area contributed by atoms with Gasteiger partial charge in [0.25, 0.3) is 0 Å². The van der Waals surface area contributed by atoms with E-state index in [0.29, 0.717) is 35.2 Å². The molecule has 1 N–H and O–H groups in total. The van der Waals surface area contributed by atoms with Crippen molar-refractivity contribution >= 4 is 27.3 Å². The van der Waals surface area contributed by atoms with E-state index in [4.69, 9.17) is 14.2 Å². The van der Waals surface area contributed by atoms with E-state index in [9.17, 15) is 13.2 Å². The quantitative estimate of drug-likeness (QED) is 0.777. The lowest BCUT2D eigenvalue weighted by molar-refractivity contribution is -0.114. The van der Waals surface area contributed by atoms with Gasteiger partial charge in [-0.15, -0.1) is 0 Å². The minimum Gasteiger partial charge on any atom is -0.492 e. The molecule has 0 spiro atoms. The monoisotopic (exact) mass is 392 g/mol. The summed E-state index contributed by atoms with van der Waals surface area (Å²) < 4.78 is 41.5. The molecule has 27 heavy (non-hydrogen) atoms. The number of amides is 1. The Balaban J connectivity index is 1.81. The smallest absolute Gasteiger partial charge is 0.245 e. The van der Waals surface area contributed by atoms with E-state index < -0.39 is 15.9 Å². The topological polar surface area (TPSA) is 94.2 Å². The number of benzene rings is 2. The number of nitrogens with zero attached hydrogens (tertiary/aromatic N) is 1. The molecule has 0 aliphatic carbocycles. The van der Waals surface area contributed by atoms with Crippen LogP contribution in [0, 0.1) is 0 Å². The molecule has 9 heteroatoms. The predicted molar refractivity (Wildman–Crippen MR) is 101 cm³/mol. The second-order valence-corrected chi connectivity index (χ2v) is 7.69. The summed E-state index contributed by atoms with van der Waals surface area (Å²) in [4.78, 5) is 12.5. The minimum absolute atomic E-state index is 0.0758. The number of hydrogen-bond acceptors (Lipinski definition) is 6. The summed E-state index contributed by atoms with van der Waals surface area (Å²) >= 11 is 0. The molecule has 0 aromatic heterocycles. The van der Waals surface area contributed by atoms with Gasteiger partial charge in [0.15, 0.2) is 11.5 Å². The molecule has 0 bridgehead atoms. The Kier molecular flexibility index (Phi) is 5.41. The second-order valence-electron chi connectivity index (χ2n) is 5.78. The van der Waals surface area contributed by atoms with Crippen molar-refractivity contribution in [1.82, 2.24) is 0 Å². The zero-order valence-corrected chi connectivity index (χ0v) is 15.8. The van der Waals surface area contributed by atoms with Gasteiger partial charge in [0.05, 0.1) is 24.2 Å². The van der Waals surface area contributed by atoms with Crippen molar-refractivity contribution < 1.29 is 27.4 Å². The molecular formula is C18H20N2O6S. The summed E-state index contributed by atoms with van der Waals surface area (Å²) in [5.41, 5.74) is 0.790.